The van der Waals surface area contributed by atoms with Crippen LogP contribution in [-0.2, 0) is 15.3 Å². The molecule has 0 aliphatic carbocycles. The van der Waals surface area contributed by atoms with Gasteiger partial charge in [-0.25, -0.2) is 0 Å². The molecule has 8 heteroatoms. The molecular weight excluding hydrogens is 280 g/mol. The van der Waals surface area contributed by atoms with Gasteiger partial charge in [0.25, 0.3) is 11.7 Å². The summed E-state index contributed by atoms with van der Waals surface area (Å²) in [5.41, 5.74) is 0. The first-order valence-electron chi connectivity index (χ1n) is 5.24. The van der Waals surface area contributed by atoms with E-state index in [0.717, 1.165) is 4.90 Å². The van der Waals surface area contributed by atoms with Crippen molar-refractivity contribution in [2.24, 2.45) is 0 Å². The lowest BCUT2D eigenvalue weighted by atomic mass is 10.4. The predicted octanol–water partition coefficient (Wildman–Crippen LogP) is 1.98. The Labute approximate surface area is 112 Å². The Balaban J connectivity index is 2.60. The number of halogens is 2. The fourth-order valence-corrected chi connectivity index (χ4v) is 1.68. The van der Waals surface area contributed by atoms with Crippen molar-refractivity contribution >= 4 is 23.6 Å². The van der Waals surface area contributed by atoms with Crippen LogP contribution >= 0.6 is 11.8 Å². The molecule has 0 bridgehead atoms. The molecule has 5 nitrogen and oxygen atoms in total. The second kappa shape index (κ2) is 7.13. The van der Waals surface area contributed by atoms with Crippen molar-refractivity contribution in [2.45, 2.75) is 11.5 Å². The Kier molecular flexibility index (Phi) is 5.81. The molecule has 1 aromatic rings. The highest BCUT2D eigenvalue weighted by Crippen LogP contribution is 2.21. The molecule has 0 atom stereocenters. The van der Waals surface area contributed by atoms with Gasteiger partial charge in [0.15, 0.2) is 5.76 Å². The zero-order valence-electron chi connectivity index (χ0n) is 10.4. The maximum absolute atomic E-state index is 12.0. The second-order valence-corrected chi connectivity index (χ2v) is 4.55. The van der Waals surface area contributed by atoms with Crippen LogP contribution in [0.2, 0.25) is 0 Å². The van der Waals surface area contributed by atoms with E-state index in [-0.39, 0.29) is 23.8 Å². The number of rotatable bonds is 6. The minimum atomic E-state index is -2.49. The molecule has 0 saturated carbocycles. The van der Waals surface area contributed by atoms with Crippen LogP contribution in [0, 0.1) is 0 Å². The molecule has 19 heavy (non-hydrogen) atoms. The van der Waals surface area contributed by atoms with E-state index in [1.807, 2.05) is 0 Å². The van der Waals surface area contributed by atoms with E-state index in [4.69, 9.17) is 4.42 Å². The van der Waals surface area contributed by atoms with Crippen molar-refractivity contribution in [3.63, 3.8) is 0 Å². The van der Waals surface area contributed by atoms with Crippen LogP contribution < -0.4 is 0 Å². The lowest BCUT2D eigenvalue weighted by Crippen LogP contribution is -2.32. The molecule has 0 spiro atoms. The zero-order valence-corrected chi connectivity index (χ0v) is 11.2. The van der Waals surface area contributed by atoms with Crippen molar-refractivity contribution < 1.29 is 27.5 Å². The summed E-state index contributed by atoms with van der Waals surface area (Å²) in [4.78, 5) is 23.9. The number of esters is 1. The van der Waals surface area contributed by atoms with E-state index in [0.29, 0.717) is 11.8 Å². The Bertz CT molecular complexity index is 450. The fraction of sp³-hybridized carbons (Fsp3) is 0.455. The number of carbonyl (C=O) groups excluding carboxylic acids is 2. The number of ether oxygens (including phenoxy) is 1. The Hall–Kier alpha value is -1.57. The molecule has 0 saturated heterocycles. The molecule has 0 aromatic carbocycles. The molecule has 1 rings (SSSR count). The van der Waals surface area contributed by atoms with Gasteiger partial charge in [-0.15, -0.1) is 0 Å². The molecule has 0 aliphatic heterocycles. The predicted molar refractivity (Wildman–Crippen MR) is 65.0 cm³/mol. The minimum Gasteiger partial charge on any atom is -0.468 e. The summed E-state index contributed by atoms with van der Waals surface area (Å²) >= 11 is 0.406. The summed E-state index contributed by atoms with van der Waals surface area (Å²) in [5.74, 6) is -3.32. The van der Waals surface area contributed by atoms with E-state index in [1.54, 1.807) is 0 Å². The standard InChI is InChI=1S/C11H13F2NO4S/c1-14(5-9(15)17-2)10(16)8-4-3-7(18-8)6-19-11(12)13/h3-4,11H,5-6H2,1-2H3. The van der Waals surface area contributed by atoms with Gasteiger partial charge in [0, 0.05) is 7.05 Å². The zero-order chi connectivity index (χ0) is 14.4. The van der Waals surface area contributed by atoms with Crippen LogP contribution in [0.15, 0.2) is 16.5 Å². The summed E-state index contributed by atoms with van der Waals surface area (Å²) in [6.45, 7) is -0.211. The van der Waals surface area contributed by atoms with E-state index >= 15 is 0 Å². The number of methoxy groups -OCH3 is 1. The minimum absolute atomic E-state index is 0.00345. The lowest BCUT2D eigenvalue weighted by Gasteiger charge is -2.13. The van der Waals surface area contributed by atoms with Gasteiger partial charge >= 0.3 is 5.97 Å². The average molecular weight is 293 g/mol. The van der Waals surface area contributed by atoms with Gasteiger partial charge in [0.1, 0.15) is 12.3 Å². The Morgan fingerprint density at radius 2 is 2.16 bits per heavy atom. The number of hydrogen-bond donors (Lipinski definition) is 0. The summed E-state index contributed by atoms with van der Waals surface area (Å²) < 4.78 is 33.5. The summed E-state index contributed by atoms with van der Waals surface area (Å²) in [5, 5.41) is 0. The van der Waals surface area contributed by atoms with E-state index < -0.39 is 17.6 Å². The van der Waals surface area contributed by atoms with Gasteiger partial charge in [0.05, 0.1) is 12.9 Å². The van der Waals surface area contributed by atoms with Crippen LogP contribution in [0.3, 0.4) is 0 Å². The third kappa shape index (κ3) is 4.90. The first-order valence-corrected chi connectivity index (χ1v) is 6.29. The molecule has 106 valence electrons. The number of hydrogen-bond acceptors (Lipinski definition) is 5. The van der Waals surface area contributed by atoms with Gasteiger partial charge in [-0.1, -0.05) is 11.8 Å². The Morgan fingerprint density at radius 1 is 1.47 bits per heavy atom. The molecule has 1 amide bonds. The number of furan rings is 1. The molecule has 1 heterocycles. The van der Waals surface area contributed by atoms with Gasteiger partial charge in [0.2, 0.25) is 0 Å². The molecule has 0 N–H and O–H groups in total. The number of carbonyl (C=O) groups is 2. The molecule has 0 aliphatic rings. The van der Waals surface area contributed by atoms with Gasteiger partial charge in [-0.05, 0) is 12.1 Å². The lowest BCUT2D eigenvalue weighted by molar-refractivity contribution is -0.141. The van der Waals surface area contributed by atoms with Crippen molar-refractivity contribution in [1.82, 2.24) is 4.90 Å². The first kappa shape index (κ1) is 15.5. The Morgan fingerprint density at radius 3 is 2.74 bits per heavy atom. The van der Waals surface area contributed by atoms with Crippen molar-refractivity contribution in [3.05, 3.63) is 23.7 Å². The van der Waals surface area contributed by atoms with Crippen LogP contribution in [-0.4, -0.2) is 43.2 Å². The maximum Gasteiger partial charge on any atom is 0.325 e. The monoisotopic (exact) mass is 293 g/mol. The summed E-state index contributed by atoms with van der Waals surface area (Å²) in [6, 6.07) is 2.84. The average Bonchev–Trinajstić information content (AvgIpc) is 2.83. The van der Waals surface area contributed by atoms with Crippen LogP contribution in [0.25, 0.3) is 0 Å². The van der Waals surface area contributed by atoms with E-state index in [2.05, 4.69) is 4.74 Å². The highest BCUT2D eigenvalue weighted by molar-refractivity contribution is 7.98. The van der Waals surface area contributed by atoms with Gasteiger partial charge < -0.3 is 14.1 Å². The van der Waals surface area contributed by atoms with E-state index in [1.165, 1.54) is 26.3 Å². The highest BCUT2D eigenvalue weighted by atomic mass is 32.2. The van der Waals surface area contributed by atoms with Crippen molar-refractivity contribution in [3.8, 4) is 0 Å². The van der Waals surface area contributed by atoms with Crippen molar-refractivity contribution in [1.29, 1.82) is 0 Å². The highest BCUT2D eigenvalue weighted by Gasteiger charge is 2.19. The third-order valence-corrected chi connectivity index (χ3v) is 2.87. The SMILES string of the molecule is COC(=O)CN(C)C(=O)c1ccc(CSC(F)F)o1. The molecule has 0 fully saturated rings. The first-order chi connectivity index (χ1) is 8.93. The number of likely N-dealkylation sites (N-methyl/N-ethyl adjacent to an activating group) is 1. The molecule has 1 aromatic heterocycles. The number of amides is 1. The normalized spacial score (nSPS) is 10.6. The quantitative estimate of drug-likeness (QED) is 0.751. The third-order valence-electron chi connectivity index (χ3n) is 2.16. The molecule has 0 radical (unpaired) electrons. The smallest absolute Gasteiger partial charge is 0.325 e. The number of nitrogens with zero attached hydrogens (tertiary/aromatic N) is 1. The topological polar surface area (TPSA) is 59.8 Å². The van der Waals surface area contributed by atoms with Crippen molar-refractivity contribution in [2.75, 3.05) is 20.7 Å². The van der Waals surface area contributed by atoms with Crippen LogP contribution in [0.5, 0.6) is 0 Å². The summed E-state index contributed by atoms with van der Waals surface area (Å²) in [7, 11) is 2.63. The van der Waals surface area contributed by atoms with Gasteiger partial charge in [-0.3, -0.25) is 9.59 Å². The van der Waals surface area contributed by atoms with E-state index in [9.17, 15) is 18.4 Å². The van der Waals surface area contributed by atoms with Crippen LogP contribution in [0.1, 0.15) is 16.3 Å². The fourth-order valence-electron chi connectivity index (χ4n) is 1.23. The largest absolute Gasteiger partial charge is 0.468 e. The maximum atomic E-state index is 12.0. The second-order valence-electron chi connectivity index (χ2n) is 3.57. The molecular formula is C11H13F2NO4S. The van der Waals surface area contributed by atoms with Gasteiger partial charge in [-0.2, -0.15) is 8.78 Å². The number of thioether (sulfide) groups is 1. The number of alkyl halides is 2. The molecule has 0 unspecified atom stereocenters. The van der Waals surface area contributed by atoms with Crippen LogP contribution in [0.4, 0.5) is 8.78 Å². The summed E-state index contributed by atoms with van der Waals surface area (Å²) in [6.07, 6.45) is 0.